The Morgan fingerprint density at radius 1 is 1.18 bits per heavy atom. The van der Waals surface area contributed by atoms with E-state index in [0.717, 1.165) is 31.2 Å². The highest BCUT2D eigenvalue weighted by Gasteiger charge is 2.26. The molecule has 3 N–H and O–H groups in total. The lowest BCUT2D eigenvalue weighted by Gasteiger charge is -2.26. The largest absolute Gasteiger partial charge is 0.463 e. The number of aliphatic imine (C=N–C) groups is 1. The minimum Gasteiger partial charge on any atom is -0.463 e. The van der Waals surface area contributed by atoms with Crippen LogP contribution in [0, 0.1) is 6.92 Å². The molecule has 0 saturated carbocycles. The summed E-state index contributed by atoms with van der Waals surface area (Å²) in [4.78, 5) is 7.14. The topological polar surface area (TPSA) is 73.0 Å². The molecule has 1 saturated heterocycles. The average Bonchev–Trinajstić information content (AvgIpc) is 3.11. The van der Waals surface area contributed by atoms with E-state index in [0.29, 0.717) is 5.76 Å². The minimum absolute atomic E-state index is 0. The molecular formula is C21H39IN4O2. The Balaban J connectivity index is 0.00000392. The van der Waals surface area contributed by atoms with Crippen molar-refractivity contribution in [2.24, 2.45) is 4.99 Å². The number of unbranched alkanes of at least 4 members (excludes halogenated alkanes) is 2. The number of hydrogen-bond donors (Lipinski definition) is 3. The van der Waals surface area contributed by atoms with Crippen molar-refractivity contribution in [2.75, 3.05) is 39.3 Å². The molecule has 0 amide bonds. The van der Waals surface area contributed by atoms with Crippen LogP contribution in [0.1, 0.15) is 63.9 Å². The molecule has 0 aliphatic carbocycles. The lowest BCUT2D eigenvalue weighted by molar-refractivity contribution is 0.0428. The Hall–Kier alpha value is -0.800. The first kappa shape index (κ1) is 25.2. The summed E-state index contributed by atoms with van der Waals surface area (Å²) >= 11 is 0. The summed E-state index contributed by atoms with van der Waals surface area (Å²) in [6.45, 7) is 11.4. The fourth-order valence-electron chi connectivity index (χ4n) is 3.40. The molecule has 1 unspecified atom stereocenters. The van der Waals surface area contributed by atoms with Gasteiger partial charge in [0.15, 0.2) is 5.96 Å². The number of guanidine groups is 1. The molecule has 0 aromatic carbocycles. The number of aliphatic hydroxyl groups is 1. The van der Waals surface area contributed by atoms with Crippen molar-refractivity contribution < 1.29 is 9.52 Å². The van der Waals surface area contributed by atoms with Crippen LogP contribution >= 0.6 is 24.0 Å². The molecule has 1 aliphatic heterocycles. The highest BCUT2D eigenvalue weighted by atomic mass is 127. The predicted molar refractivity (Wildman–Crippen MR) is 127 cm³/mol. The number of furan rings is 1. The van der Waals surface area contributed by atoms with Gasteiger partial charge in [-0.1, -0.05) is 12.8 Å². The Kier molecular flexibility index (Phi) is 12.1. The van der Waals surface area contributed by atoms with Crippen LogP contribution in [0.15, 0.2) is 21.5 Å². The number of nitrogens with zero attached hydrogens (tertiary/aromatic N) is 2. The van der Waals surface area contributed by atoms with Crippen LogP contribution in [-0.4, -0.2) is 55.2 Å². The maximum Gasteiger partial charge on any atom is 0.191 e. The van der Waals surface area contributed by atoms with Crippen LogP contribution < -0.4 is 10.6 Å². The normalized spacial score (nSPS) is 17.6. The van der Waals surface area contributed by atoms with E-state index in [1.54, 1.807) is 6.92 Å². The maximum absolute atomic E-state index is 10.6. The van der Waals surface area contributed by atoms with Crippen LogP contribution in [0.3, 0.4) is 0 Å². The van der Waals surface area contributed by atoms with Crippen molar-refractivity contribution in [3.63, 3.8) is 0 Å². The second-order valence-electron chi connectivity index (χ2n) is 7.77. The first-order valence-electron chi connectivity index (χ1n) is 10.5. The van der Waals surface area contributed by atoms with Crippen LogP contribution in [0.5, 0.6) is 0 Å². The van der Waals surface area contributed by atoms with Gasteiger partial charge >= 0.3 is 0 Å². The van der Waals surface area contributed by atoms with Gasteiger partial charge in [0.2, 0.25) is 0 Å². The summed E-state index contributed by atoms with van der Waals surface area (Å²) in [5.74, 6) is 2.10. The molecule has 6 nitrogen and oxygen atoms in total. The SMILES string of the molecule is CCNC(=NCC(C)(O)c1ccc(C)o1)NCCCCCN1CCCCC1.I. The van der Waals surface area contributed by atoms with Crippen molar-refractivity contribution in [2.45, 2.75) is 64.9 Å². The molecule has 1 fully saturated rings. The van der Waals surface area contributed by atoms with Crippen molar-refractivity contribution in [1.29, 1.82) is 0 Å². The molecule has 1 aliphatic rings. The van der Waals surface area contributed by atoms with Gasteiger partial charge in [-0.2, -0.15) is 0 Å². The zero-order chi connectivity index (χ0) is 19.5. The summed E-state index contributed by atoms with van der Waals surface area (Å²) in [5.41, 5.74) is -1.11. The van der Waals surface area contributed by atoms with E-state index in [1.165, 1.54) is 51.7 Å². The summed E-state index contributed by atoms with van der Waals surface area (Å²) in [7, 11) is 0. The molecular weight excluding hydrogens is 467 g/mol. The second-order valence-corrected chi connectivity index (χ2v) is 7.77. The van der Waals surface area contributed by atoms with Gasteiger partial charge in [-0.15, -0.1) is 24.0 Å². The molecule has 0 bridgehead atoms. The number of nitrogens with one attached hydrogen (secondary N) is 2. The lowest BCUT2D eigenvalue weighted by Crippen LogP contribution is -2.39. The number of aryl methyl sites for hydroxylation is 1. The van der Waals surface area contributed by atoms with E-state index in [2.05, 4.69) is 20.5 Å². The summed E-state index contributed by atoms with van der Waals surface area (Å²) < 4.78 is 5.55. The van der Waals surface area contributed by atoms with E-state index in [9.17, 15) is 5.11 Å². The molecule has 28 heavy (non-hydrogen) atoms. The second kappa shape index (κ2) is 13.4. The highest BCUT2D eigenvalue weighted by molar-refractivity contribution is 14.0. The zero-order valence-corrected chi connectivity index (χ0v) is 20.1. The van der Waals surface area contributed by atoms with Crippen LogP contribution in [0.4, 0.5) is 0 Å². The summed E-state index contributed by atoms with van der Waals surface area (Å²) in [6, 6.07) is 3.68. The van der Waals surface area contributed by atoms with Crippen molar-refractivity contribution in [3.05, 3.63) is 23.7 Å². The van der Waals surface area contributed by atoms with Crippen LogP contribution in [0.2, 0.25) is 0 Å². The third-order valence-corrected chi connectivity index (χ3v) is 5.05. The van der Waals surface area contributed by atoms with Gasteiger partial charge in [0.25, 0.3) is 0 Å². The molecule has 0 radical (unpaired) electrons. The molecule has 1 aromatic heterocycles. The number of hydrogen-bond acceptors (Lipinski definition) is 4. The molecule has 7 heteroatoms. The molecule has 0 spiro atoms. The smallest absolute Gasteiger partial charge is 0.191 e. The molecule has 1 aromatic rings. The van der Waals surface area contributed by atoms with E-state index in [4.69, 9.17) is 4.42 Å². The first-order chi connectivity index (χ1) is 13.0. The number of rotatable bonds is 10. The Morgan fingerprint density at radius 3 is 2.57 bits per heavy atom. The van der Waals surface area contributed by atoms with Gasteiger partial charge in [-0.05, 0) is 78.2 Å². The van der Waals surface area contributed by atoms with Gasteiger partial charge in [-0.3, -0.25) is 0 Å². The quantitative estimate of drug-likeness (QED) is 0.196. The lowest BCUT2D eigenvalue weighted by atomic mass is 10.0. The van der Waals surface area contributed by atoms with Gasteiger partial charge in [0.1, 0.15) is 17.1 Å². The van der Waals surface area contributed by atoms with Gasteiger partial charge < -0.3 is 25.1 Å². The van der Waals surface area contributed by atoms with Crippen LogP contribution in [0.25, 0.3) is 0 Å². The third kappa shape index (κ3) is 9.13. The standard InChI is InChI=1S/C21H38N4O2.HI/c1-4-22-20(24-17-21(3,26)19-12-11-18(2)27-19)23-13-7-5-8-14-25-15-9-6-10-16-25;/h11-12,26H,4-10,13-17H2,1-3H3,(H2,22,23,24);1H. The Morgan fingerprint density at radius 2 is 1.93 bits per heavy atom. The van der Waals surface area contributed by atoms with Gasteiger partial charge in [0.05, 0.1) is 6.54 Å². The Labute approximate surface area is 187 Å². The fraction of sp³-hybridized carbons (Fsp3) is 0.762. The van der Waals surface area contributed by atoms with Gasteiger partial charge in [-0.25, -0.2) is 4.99 Å². The van der Waals surface area contributed by atoms with E-state index in [-0.39, 0.29) is 30.5 Å². The number of piperidine rings is 1. The molecule has 162 valence electrons. The van der Waals surface area contributed by atoms with Crippen molar-refractivity contribution in [3.8, 4) is 0 Å². The van der Waals surface area contributed by atoms with Crippen molar-refractivity contribution in [1.82, 2.24) is 15.5 Å². The average molecular weight is 506 g/mol. The fourth-order valence-corrected chi connectivity index (χ4v) is 3.40. The highest BCUT2D eigenvalue weighted by Crippen LogP contribution is 2.23. The monoisotopic (exact) mass is 506 g/mol. The zero-order valence-electron chi connectivity index (χ0n) is 17.8. The third-order valence-electron chi connectivity index (χ3n) is 5.05. The van der Waals surface area contributed by atoms with Crippen molar-refractivity contribution >= 4 is 29.9 Å². The summed E-state index contributed by atoms with van der Waals surface area (Å²) in [5, 5.41) is 17.2. The van der Waals surface area contributed by atoms with E-state index >= 15 is 0 Å². The van der Waals surface area contributed by atoms with E-state index < -0.39 is 5.60 Å². The number of likely N-dealkylation sites (tertiary alicyclic amines) is 1. The predicted octanol–water partition coefficient (Wildman–Crippen LogP) is 3.62. The maximum atomic E-state index is 10.6. The van der Waals surface area contributed by atoms with Gasteiger partial charge in [0, 0.05) is 13.1 Å². The Bertz CT molecular complexity index is 569. The first-order valence-corrected chi connectivity index (χ1v) is 10.5. The summed E-state index contributed by atoms with van der Waals surface area (Å²) in [6.07, 6.45) is 7.76. The van der Waals surface area contributed by atoms with Crippen LogP contribution in [-0.2, 0) is 5.60 Å². The number of halogens is 1. The van der Waals surface area contributed by atoms with E-state index in [1.807, 2.05) is 26.0 Å². The molecule has 2 heterocycles. The molecule has 1 atom stereocenters. The molecule has 2 rings (SSSR count). The minimum atomic E-state index is -1.11.